The Morgan fingerprint density at radius 2 is 1.88 bits per heavy atom. The van der Waals surface area contributed by atoms with Gasteiger partial charge < -0.3 is 19.5 Å². The molecule has 0 aliphatic carbocycles. The molecule has 0 saturated carbocycles. The lowest BCUT2D eigenvalue weighted by Gasteiger charge is -2.07. The van der Waals surface area contributed by atoms with Crippen LogP contribution in [0.15, 0.2) is 72.3 Å². The summed E-state index contributed by atoms with van der Waals surface area (Å²) in [7, 11) is 0. The van der Waals surface area contributed by atoms with Crippen LogP contribution in [-0.4, -0.2) is 12.7 Å². The Morgan fingerprint density at radius 1 is 1.06 bits per heavy atom. The van der Waals surface area contributed by atoms with Gasteiger partial charge in [0.15, 0.2) is 11.5 Å². The number of benzene rings is 3. The van der Waals surface area contributed by atoms with Crippen molar-refractivity contribution in [2.75, 3.05) is 6.79 Å². The van der Waals surface area contributed by atoms with E-state index >= 15 is 0 Å². The number of ether oxygens (including phenoxy) is 3. The summed E-state index contributed by atoms with van der Waals surface area (Å²) in [4.78, 5) is 12.4. The van der Waals surface area contributed by atoms with Crippen LogP contribution in [-0.2, 0) is 17.9 Å². The maximum atomic E-state index is 13.2. The summed E-state index contributed by atoms with van der Waals surface area (Å²) in [6, 6.07) is 20.5. The molecule has 0 fully saturated rings. The van der Waals surface area contributed by atoms with E-state index in [1.807, 2.05) is 12.1 Å². The minimum absolute atomic E-state index is 0.0147. The summed E-state index contributed by atoms with van der Waals surface area (Å²) in [6.07, 6.45) is 1.51. The van der Waals surface area contributed by atoms with E-state index in [1.165, 1.54) is 18.2 Å². The minimum atomic E-state index is -0.475. The highest BCUT2D eigenvalue weighted by Crippen LogP contribution is 2.32. The average molecular weight is 430 g/mol. The third kappa shape index (κ3) is 5.24. The summed E-state index contributed by atoms with van der Waals surface area (Å²) in [6.45, 7) is 0.668. The zero-order valence-electron chi connectivity index (χ0n) is 17.0. The Balaban J connectivity index is 1.34. The van der Waals surface area contributed by atoms with Gasteiger partial charge in [-0.15, -0.1) is 0 Å². The number of hydrogen-bond donors (Lipinski definition) is 1. The molecular weight excluding hydrogens is 411 g/mol. The molecule has 32 heavy (non-hydrogen) atoms. The summed E-state index contributed by atoms with van der Waals surface area (Å²) < 4.78 is 29.5. The van der Waals surface area contributed by atoms with E-state index < -0.39 is 5.91 Å². The van der Waals surface area contributed by atoms with E-state index in [0.717, 1.165) is 11.1 Å². The lowest BCUT2D eigenvalue weighted by molar-refractivity contribution is -0.117. The molecule has 0 aromatic heterocycles. The van der Waals surface area contributed by atoms with E-state index in [1.54, 1.807) is 48.5 Å². The molecule has 0 unspecified atom stereocenters. The lowest BCUT2D eigenvalue weighted by atomic mass is 10.1. The number of halogens is 1. The quantitative estimate of drug-likeness (QED) is 0.445. The molecule has 0 bridgehead atoms. The third-order valence-corrected chi connectivity index (χ3v) is 4.74. The first kappa shape index (κ1) is 20.9. The number of fused-ring (bicyclic) bond motifs is 1. The summed E-state index contributed by atoms with van der Waals surface area (Å²) in [5.41, 5.74) is 2.22. The van der Waals surface area contributed by atoms with Gasteiger partial charge in [0.05, 0.1) is 0 Å². The van der Waals surface area contributed by atoms with Crippen molar-refractivity contribution in [3.8, 4) is 23.3 Å². The van der Waals surface area contributed by atoms with Crippen molar-refractivity contribution >= 4 is 12.0 Å². The molecule has 7 heteroatoms. The first-order valence-corrected chi connectivity index (χ1v) is 9.86. The Labute approximate surface area is 184 Å². The summed E-state index contributed by atoms with van der Waals surface area (Å²) in [5.74, 6) is 1.11. The van der Waals surface area contributed by atoms with Crippen molar-refractivity contribution in [2.24, 2.45) is 0 Å². The molecule has 3 aromatic carbocycles. The number of amides is 1. The van der Waals surface area contributed by atoms with Gasteiger partial charge in [-0.3, -0.25) is 4.79 Å². The Hall–Kier alpha value is -4.31. The maximum Gasteiger partial charge on any atom is 0.262 e. The van der Waals surface area contributed by atoms with Gasteiger partial charge in [-0.05, 0) is 59.2 Å². The summed E-state index contributed by atoms with van der Waals surface area (Å²) in [5, 5.41) is 12.1. The molecule has 1 heterocycles. The molecule has 160 valence electrons. The van der Waals surface area contributed by atoms with Crippen LogP contribution >= 0.6 is 0 Å². The zero-order valence-corrected chi connectivity index (χ0v) is 17.0. The fourth-order valence-electron chi connectivity index (χ4n) is 3.10. The Kier molecular flexibility index (Phi) is 6.33. The highest BCUT2D eigenvalue weighted by molar-refractivity contribution is 6.01. The summed E-state index contributed by atoms with van der Waals surface area (Å²) >= 11 is 0. The first-order chi connectivity index (χ1) is 15.6. The molecule has 0 atom stereocenters. The smallest absolute Gasteiger partial charge is 0.262 e. The topological polar surface area (TPSA) is 80.6 Å². The van der Waals surface area contributed by atoms with Gasteiger partial charge >= 0.3 is 0 Å². The Morgan fingerprint density at radius 3 is 2.66 bits per heavy atom. The fraction of sp³-hybridized carbons (Fsp3) is 0.120. The van der Waals surface area contributed by atoms with Crippen molar-refractivity contribution in [1.29, 1.82) is 5.26 Å². The van der Waals surface area contributed by atoms with Crippen molar-refractivity contribution in [3.05, 3.63) is 94.8 Å². The van der Waals surface area contributed by atoms with E-state index in [-0.39, 0.29) is 31.3 Å². The van der Waals surface area contributed by atoms with Crippen molar-refractivity contribution in [1.82, 2.24) is 5.32 Å². The van der Waals surface area contributed by atoms with Crippen LogP contribution in [0.4, 0.5) is 4.39 Å². The fourth-order valence-corrected chi connectivity index (χ4v) is 3.10. The molecule has 1 N–H and O–H groups in total. The second-order valence-electron chi connectivity index (χ2n) is 7.03. The molecule has 0 spiro atoms. The van der Waals surface area contributed by atoms with E-state index in [9.17, 15) is 14.4 Å². The number of rotatable bonds is 7. The maximum absolute atomic E-state index is 13.2. The van der Waals surface area contributed by atoms with Crippen molar-refractivity contribution in [2.45, 2.75) is 13.2 Å². The normalized spacial score (nSPS) is 12.2. The first-order valence-electron chi connectivity index (χ1n) is 9.86. The van der Waals surface area contributed by atoms with E-state index in [0.29, 0.717) is 22.8 Å². The van der Waals surface area contributed by atoms with E-state index in [4.69, 9.17) is 14.2 Å². The lowest BCUT2D eigenvalue weighted by Crippen LogP contribution is -2.23. The van der Waals surface area contributed by atoms with Crippen LogP contribution in [0.5, 0.6) is 17.2 Å². The van der Waals surface area contributed by atoms with Gasteiger partial charge in [0.1, 0.15) is 29.8 Å². The second-order valence-corrected chi connectivity index (χ2v) is 7.03. The number of carbonyl (C=O) groups excluding carboxylic acids is 1. The van der Waals surface area contributed by atoms with Crippen molar-refractivity contribution in [3.63, 3.8) is 0 Å². The molecule has 0 saturated heterocycles. The molecule has 1 aliphatic heterocycles. The van der Waals surface area contributed by atoms with Crippen LogP contribution in [0.1, 0.15) is 16.7 Å². The molecular formula is C25H19FN2O4. The largest absolute Gasteiger partial charge is 0.489 e. The molecule has 6 nitrogen and oxygen atoms in total. The van der Waals surface area contributed by atoms with Crippen molar-refractivity contribution < 1.29 is 23.4 Å². The van der Waals surface area contributed by atoms with Gasteiger partial charge in [0.2, 0.25) is 6.79 Å². The van der Waals surface area contributed by atoms with Gasteiger partial charge in [-0.2, -0.15) is 5.26 Å². The zero-order chi connectivity index (χ0) is 22.3. The monoisotopic (exact) mass is 430 g/mol. The van der Waals surface area contributed by atoms with Gasteiger partial charge in [-0.1, -0.05) is 30.3 Å². The van der Waals surface area contributed by atoms with Crippen LogP contribution in [0.25, 0.3) is 6.08 Å². The van der Waals surface area contributed by atoms with Gasteiger partial charge in [0.25, 0.3) is 5.91 Å². The molecule has 3 aromatic rings. The van der Waals surface area contributed by atoms with Gasteiger partial charge in [-0.25, -0.2) is 4.39 Å². The number of nitriles is 1. The third-order valence-electron chi connectivity index (χ3n) is 4.74. The number of nitrogens with zero attached hydrogens (tertiary/aromatic N) is 1. The van der Waals surface area contributed by atoms with Crippen LogP contribution < -0.4 is 19.5 Å². The SMILES string of the molecule is N#C/C(=C\c1ccc(OCc2cccc(F)c2)cc1)C(=O)NCc1ccc2c(c1)OCO2. The molecule has 1 aliphatic rings. The molecule has 0 radical (unpaired) electrons. The second kappa shape index (κ2) is 9.67. The number of hydrogen-bond acceptors (Lipinski definition) is 5. The highest BCUT2D eigenvalue weighted by Gasteiger charge is 2.14. The predicted octanol–water partition coefficient (Wildman–Crippen LogP) is 4.36. The average Bonchev–Trinajstić information content (AvgIpc) is 3.28. The van der Waals surface area contributed by atoms with Gasteiger partial charge in [0, 0.05) is 6.54 Å². The van der Waals surface area contributed by atoms with Crippen LogP contribution in [0.3, 0.4) is 0 Å². The van der Waals surface area contributed by atoms with E-state index in [2.05, 4.69) is 5.32 Å². The predicted molar refractivity (Wildman–Crippen MR) is 115 cm³/mol. The Bertz CT molecular complexity index is 1200. The van der Waals surface area contributed by atoms with Crippen LogP contribution in [0, 0.1) is 17.1 Å². The number of carbonyl (C=O) groups is 1. The minimum Gasteiger partial charge on any atom is -0.489 e. The number of nitrogens with one attached hydrogen (secondary N) is 1. The molecule has 4 rings (SSSR count). The standard InChI is InChI=1S/C25H19FN2O4/c26-21-3-1-2-19(11-21)15-30-22-7-4-17(5-8-22)10-20(13-27)25(29)28-14-18-6-9-23-24(12-18)32-16-31-23/h1-12H,14-16H2,(H,28,29)/b20-10+. The highest BCUT2D eigenvalue weighted by atomic mass is 19.1. The molecule has 1 amide bonds. The van der Waals surface area contributed by atoms with Crippen LogP contribution in [0.2, 0.25) is 0 Å².